The fourth-order valence-corrected chi connectivity index (χ4v) is 2.62. The fourth-order valence-electron chi connectivity index (χ4n) is 2.62. The molecule has 1 rings (SSSR count). The van der Waals surface area contributed by atoms with E-state index >= 15 is 0 Å². The van der Waals surface area contributed by atoms with E-state index in [0.29, 0.717) is 23.3 Å². The van der Waals surface area contributed by atoms with Crippen LogP contribution in [0.15, 0.2) is 0 Å². The monoisotopic (exact) mass is 246 g/mol. The van der Waals surface area contributed by atoms with Crippen LogP contribution in [0.3, 0.4) is 0 Å². The summed E-state index contributed by atoms with van der Waals surface area (Å²) in [5.74, 6) is 0.720. The Kier molecular flexibility index (Phi) is 5.43. The lowest BCUT2D eigenvalue weighted by atomic mass is 9.90. The molecule has 0 heterocycles. The van der Waals surface area contributed by atoms with Crippen molar-refractivity contribution in [2.45, 2.75) is 45.6 Å². The van der Waals surface area contributed by atoms with Gasteiger partial charge in [-0.2, -0.15) is 15.8 Å². The van der Waals surface area contributed by atoms with Gasteiger partial charge in [-0.1, -0.05) is 25.3 Å². The molecule has 5 heteroatoms. The van der Waals surface area contributed by atoms with Crippen LogP contribution in [0.5, 0.6) is 0 Å². The lowest BCUT2D eigenvalue weighted by molar-refractivity contribution is -0.137. The second-order valence-corrected chi connectivity index (χ2v) is 4.96. The molecule has 0 saturated heterocycles. The predicted octanol–water partition coefficient (Wildman–Crippen LogP) is 2.54. The summed E-state index contributed by atoms with van der Waals surface area (Å²) >= 11 is 0. The molecule has 1 aliphatic carbocycles. The van der Waals surface area contributed by atoms with Crippen LogP contribution in [0.2, 0.25) is 0 Å². The van der Waals surface area contributed by atoms with Gasteiger partial charge in [0.05, 0.1) is 12.0 Å². The molecule has 18 heavy (non-hydrogen) atoms. The molecule has 1 saturated carbocycles. The number of nitrogens with zero attached hydrogens (tertiary/aromatic N) is 4. The third kappa shape index (κ3) is 3.62. The van der Waals surface area contributed by atoms with Gasteiger partial charge in [-0.15, -0.1) is 0 Å². The first-order chi connectivity index (χ1) is 8.64. The van der Waals surface area contributed by atoms with Crippen molar-refractivity contribution in [3.63, 3.8) is 0 Å². The highest BCUT2D eigenvalue weighted by Gasteiger charge is 2.33. The van der Waals surface area contributed by atoms with E-state index in [4.69, 9.17) is 15.4 Å². The summed E-state index contributed by atoms with van der Waals surface area (Å²) in [6.07, 6.45) is 6.56. The zero-order chi connectivity index (χ0) is 13.5. The van der Waals surface area contributed by atoms with E-state index < -0.39 is 0 Å². The molecule has 0 amide bonds. The topological polar surface area (TPSA) is 83.8 Å². The largest absolute Gasteiger partial charge is 0.245 e. The van der Waals surface area contributed by atoms with Gasteiger partial charge in [-0.25, -0.2) is 4.84 Å². The maximum Gasteiger partial charge on any atom is 0.221 e. The van der Waals surface area contributed by atoms with Gasteiger partial charge in [0.15, 0.2) is 0 Å². The van der Waals surface area contributed by atoms with Crippen LogP contribution in [0, 0.1) is 52.0 Å². The molecule has 5 nitrogen and oxygen atoms in total. The Labute approximate surface area is 108 Å². The minimum atomic E-state index is -0.360. The first-order valence-electron chi connectivity index (χ1n) is 6.30. The normalized spacial score (nSPS) is 31.5. The molecular weight excluding hydrogens is 228 g/mol. The minimum Gasteiger partial charge on any atom is -0.245 e. The quantitative estimate of drug-likeness (QED) is 0.330. The van der Waals surface area contributed by atoms with Crippen molar-refractivity contribution in [2.24, 2.45) is 17.8 Å². The molecule has 1 fully saturated rings. The van der Waals surface area contributed by atoms with Crippen LogP contribution >= 0.6 is 0 Å². The van der Waals surface area contributed by atoms with E-state index in [1.54, 1.807) is 12.4 Å². The minimum absolute atomic E-state index is 0.246. The summed E-state index contributed by atoms with van der Waals surface area (Å²) in [5.41, 5.74) is 0. The van der Waals surface area contributed by atoms with E-state index in [-0.39, 0.29) is 12.0 Å². The average Bonchev–Trinajstić information content (AvgIpc) is 2.54. The summed E-state index contributed by atoms with van der Waals surface area (Å²) < 4.78 is 0. The van der Waals surface area contributed by atoms with Crippen molar-refractivity contribution in [3.05, 3.63) is 0 Å². The third-order valence-electron chi connectivity index (χ3n) is 3.57. The molecule has 1 aliphatic rings. The Balaban J connectivity index is 2.79. The van der Waals surface area contributed by atoms with Gasteiger partial charge in [0, 0.05) is 0 Å². The zero-order valence-electron chi connectivity index (χ0n) is 10.8. The first kappa shape index (κ1) is 14.3. The molecule has 0 aromatic heterocycles. The maximum atomic E-state index is 9.23. The van der Waals surface area contributed by atoms with Gasteiger partial charge >= 0.3 is 0 Å². The SMILES string of the molecule is CCC1CC(C)CC(ON(C#N)C#N)[C@@H](C#N)C1. The van der Waals surface area contributed by atoms with Crippen LogP contribution in [-0.4, -0.2) is 11.2 Å². The van der Waals surface area contributed by atoms with Crippen molar-refractivity contribution >= 4 is 0 Å². The van der Waals surface area contributed by atoms with E-state index in [2.05, 4.69) is 19.9 Å². The highest BCUT2D eigenvalue weighted by atomic mass is 16.7. The third-order valence-corrected chi connectivity index (χ3v) is 3.57. The van der Waals surface area contributed by atoms with Crippen LogP contribution < -0.4 is 0 Å². The van der Waals surface area contributed by atoms with E-state index in [0.717, 1.165) is 19.3 Å². The maximum absolute atomic E-state index is 9.23. The standard InChI is InChI=1S/C13H18N4O/c1-3-11-4-10(2)5-13(12(6-11)7-14)18-17(8-15)9-16/h10-13H,3-6H2,1-2H3/t10?,11?,12-,13?/m1/s1. The van der Waals surface area contributed by atoms with E-state index in [1.165, 1.54) is 0 Å². The highest BCUT2D eigenvalue weighted by molar-refractivity contribution is 4.94. The van der Waals surface area contributed by atoms with E-state index in [9.17, 15) is 5.26 Å². The number of nitriles is 3. The Morgan fingerprint density at radius 1 is 1.17 bits per heavy atom. The van der Waals surface area contributed by atoms with Gasteiger partial charge < -0.3 is 0 Å². The summed E-state index contributed by atoms with van der Waals surface area (Å²) in [6.45, 7) is 4.26. The van der Waals surface area contributed by atoms with Crippen LogP contribution in [0.1, 0.15) is 39.5 Å². The van der Waals surface area contributed by atoms with Crippen molar-refractivity contribution in [3.8, 4) is 18.5 Å². The zero-order valence-corrected chi connectivity index (χ0v) is 10.8. The summed E-state index contributed by atoms with van der Waals surface area (Å²) in [4.78, 5) is 5.33. The Hall–Kier alpha value is -1.77. The number of hydrogen-bond acceptors (Lipinski definition) is 5. The highest BCUT2D eigenvalue weighted by Crippen LogP contribution is 2.34. The molecule has 0 bridgehead atoms. The molecule has 0 N–H and O–H groups in total. The summed E-state index contributed by atoms with van der Waals surface area (Å²) in [5, 5.41) is 27.2. The molecule has 0 aromatic rings. The molecule has 0 aliphatic heterocycles. The van der Waals surface area contributed by atoms with Crippen LogP contribution in [0.25, 0.3) is 0 Å². The van der Waals surface area contributed by atoms with Gasteiger partial charge in [-0.05, 0) is 31.1 Å². The molecule has 96 valence electrons. The predicted molar refractivity (Wildman–Crippen MR) is 63.8 cm³/mol. The van der Waals surface area contributed by atoms with Crippen molar-refractivity contribution in [2.75, 3.05) is 0 Å². The van der Waals surface area contributed by atoms with Gasteiger partial charge in [0.25, 0.3) is 0 Å². The van der Waals surface area contributed by atoms with Crippen molar-refractivity contribution in [1.82, 2.24) is 5.06 Å². The first-order valence-corrected chi connectivity index (χ1v) is 6.30. The molecule has 3 unspecified atom stereocenters. The van der Waals surface area contributed by atoms with Gasteiger partial charge in [0.1, 0.15) is 6.10 Å². The second-order valence-electron chi connectivity index (χ2n) is 4.96. The van der Waals surface area contributed by atoms with Crippen molar-refractivity contribution < 1.29 is 4.84 Å². The Bertz CT molecular complexity index is 375. The van der Waals surface area contributed by atoms with E-state index in [1.807, 2.05) is 0 Å². The smallest absolute Gasteiger partial charge is 0.221 e. The van der Waals surface area contributed by atoms with Crippen LogP contribution in [-0.2, 0) is 4.84 Å². The average molecular weight is 246 g/mol. The Morgan fingerprint density at radius 2 is 1.83 bits per heavy atom. The summed E-state index contributed by atoms with van der Waals surface area (Å²) in [6, 6.07) is 2.26. The van der Waals surface area contributed by atoms with Gasteiger partial charge in [0.2, 0.25) is 12.4 Å². The van der Waals surface area contributed by atoms with Crippen LogP contribution in [0.4, 0.5) is 0 Å². The number of hydrogen-bond donors (Lipinski definition) is 0. The van der Waals surface area contributed by atoms with Gasteiger partial charge in [-0.3, -0.25) is 0 Å². The molecule has 4 atom stereocenters. The summed E-state index contributed by atoms with van der Waals surface area (Å²) in [7, 11) is 0. The lowest BCUT2D eigenvalue weighted by Crippen LogP contribution is -2.29. The molecule has 0 spiro atoms. The number of rotatable bonds is 3. The molecular formula is C13H18N4O. The molecule has 0 aromatic carbocycles. The number of hydroxylamine groups is 2. The van der Waals surface area contributed by atoms with Crippen molar-refractivity contribution in [1.29, 1.82) is 15.8 Å². The Morgan fingerprint density at radius 3 is 2.33 bits per heavy atom. The second kappa shape index (κ2) is 6.84. The molecule has 0 radical (unpaired) electrons. The fraction of sp³-hybridized carbons (Fsp3) is 0.769. The lowest BCUT2D eigenvalue weighted by Gasteiger charge is -2.22.